The number of nitriles is 1. The van der Waals surface area contributed by atoms with E-state index in [-0.39, 0.29) is 6.04 Å². The Hall–Kier alpha value is -4.81. The van der Waals surface area contributed by atoms with Crippen LogP contribution in [0.2, 0.25) is 0 Å². The number of rotatable bonds is 2. The summed E-state index contributed by atoms with van der Waals surface area (Å²) in [5.41, 5.74) is 14.9. The molecule has 1 aromatic heterocycles. The molecule has 2 heterocycles. The van der Waals surface area contributed by atoms with Crippen LogP contribution in [0.3, 0.4) is 0 Å². The quantitative estimate of drug-likeness (QED) is 0.310. The molecule has 44 heavy (non-hydrogen) atoms. The molecule has 3 heteroatoms. The molecular formula is C41H33N3. The van der Waals surface area contributed by atoms with Crippen molar-refractivity contribution in [3.8, 4) is 17.3 Å². The number of nitrogens with zero attached hydrogens (tertiary/aromatic N) is 3. The Morgan fingerprint density at radius 1 is 0.841 bits per heavy atom. The second-order valence-electron chi connectivity index (χ2n) is 13.0. The van der Waals surface area contributed by atoms with Gasteiger partial charge < -0.3 is 0 Å². The monoisotopic (exact) mass is 567 g/mol. The van der Waals surface area contributed by atoms with Gasteiger partial charge in [-0.3, -0.25) is 4.99 Å². The first kappa shape index (κ1) is 25.7. The zero-order valence-corrected chi connectivity index (χ0v) is 24.7. The number of hydrogen-bond acceptors (Lipinski definition) is 3. The van der Waals surface area contributed by atoms with Crippen molar-refractivity contribution in [1.82, 2.24) is 4.98 Å². The third-order valence-electron chi connectivity index (χ3n) is 10.6. The van der Waals surface area contributed by atoms with Crippen molar-refractivity contribution in [2.24, 2.45) is 22.7 Å². The summed E-state index contributed by atoms with van der Waals surface area (Å²) in [5, 5.41) is 11.0. The topological polar surface area (TPSA) is 49.0 Å². The maximum Gasteiger partial charge on any atom is 0.0947 e. The van der Waals surface area contributed by atoms with E-state index >= 15 is 0 Å². The van der Waals surface area contributed by atoms with Crippen LogP contribution in [0.4, 0.5) is 0 Å². The van der Waals surface area contributed by atoms with Crippen LogP contribution in [0.25, 0.3) is 33.8 Å². The Balaban J connectivity index is 1.07. The van der Waals surface area contributed by atoms with Gasteiger partial charge in [-0.05, 0) is 84.1 Å². The van der Waals surface area contributed by atoms with E-state index in [1.807, 2.05) is 0 Å². The Morgan fingerprint density at radius 2 is 1.70 bits per heavy atom. The van der Waals surface area contributed by atoms with Crippen molar-refractivity contribution in [3.05, 3.63) is 136 Å². The first-order chi connectivity index (χ1) is 21.7. The van der Waals surface area contributed by atoms with Gasteiger partial charge in [0.15, 0.2) is 0 Å². The highest BCUT2D eigenvalue weighted by molar-refractivity contribution is 6.00. The molecule has 9 rings (SSSR count). The molecule has 1 aliphatic heterocycles. The van der Waals surface area contributed by atoms with Gasteiger partial charge in [-0.1, -0.05) is 91.1 Å². The van der Waals surface area contributed by atoms with E-state index in [1.165, 1.54) is 50.1 Å². The number of hydrogen-bond donors (Lipinski definition) is 0. The first-order valence-electron chi connectivity index (χ1n) is 16.1. The molecule has 0 N–H and O–H groups in total. The van der Waals surface area contributed by atoms with Crippen LogP contribution in [0.15, 0.2) is 124 Å². The molecule has 0 spiro atoms. The molecule has 0 saturated carbocycles. The third-order valence-corrected chi connectivity index (χ3v) is 10.6. The summed E-state index contributed by atoms with van der Waals surface area (Å²) in [6.07, 6.45) is 26.5. The fourth-order valence-electron chi connectivity index (χ4n) is 8.30. The summed E-state index contributed by atoms with van der Waals surface area (Å²) < 4.78 is 0. The van der Waals surface area contributed by atoms with E-state index in [0.717, 1.165) is 60.9 Å². The summed E-state index contributed by atoms with van der Waals surface area (Å²) in [7, 11) is 0. The highest BCUT2D eigenvalue weighted by Crippen LogP contribution is 2.50. The summed E-state index contributed by atoms with van der Waals surface area (Å²) in [4.78, 5) is 10.5. The van der Waals surface area contributed by atoms with Gasteiger partial charge >= 0.3 is 0 Å². The maximum absolute atomic E-state index is 9.77. The van der Waals surface area contributed by atoms with E-state index in [2.05, 4.69) is 109 Å². The lowest BCUT2D eigenvalue weighted by Gasteiger charge is -2.44. The standard InChI is InChI=1S/C41H33N3/c42-24-25-9-18-33-35(21-25)37-23-31-6-2-4-8-38(31)44-41(37)34-19-16-30(22-36(33)34)26-10-13-28(14-11-26)39-20-17-29-15-12-27-5-1-3-7-32(27)40(29)43-39/h2-4,6-8,10-17,20-22,31,34,37-38H,1,5,9,18-19,23H2/t31-,34?,37?,38?/m1/s1. The zero-order chi connectivity index (χ0) is 29.2. The molecule has 0 fully saturated rings. The van der Waals surface area contributed by atoms with Crippen LogP contribution in [-0.4, -0.2) is 16.7 Å². The SMILES string of the molecule is N#CC1=CC2=C(CC1)C1=CC(c3ccc(-c4ccc5ccc6c(c5n4)C=CCC6)cc3)=CCC1C1=NC3C=CC=C[C@@H]3CC12. The first-order valence-corrected chi connectivity index (χ1v) is 16.1. The molecule has 6 aliphatic rings. The fourth-order valence-corrected chi connectivity index (χ4v) is 8.30. The average Bonchev–Trinajstić information content (AvgIpc) is 3.10. The van der Waals surface area contributed by atoms with E-state index < -0.39 is 0 Å². The van der Waals surface area contributed by atoms with E-state index in [4.69, 9.17) is 9.98 Å². The summed E-state index contributed by atoms with van der Waals surface area (Å²) in [5.74, 6) is 1.10. The molecule has 0 bridgehead atoms. The summed E-state index contributed by atoms with van der Waals surface area (Å²) in [6.45, 7) is 0. The van der Waals surface area contributed by atoms with Crippen molar-refractivity contribution in [1.29, 1.82) is 5.26 Å². The van der Waals surface area contributed by atoms with E-state index in [9.17, 15) is 5.26 Å². The van der Waals surface area contributed by atoms with Crippen LogP contribution >= 0.6 is 0 Å². The number of fused-ring (bicyclic) bond motifs is 9. The van der Waals surface area contributed by atoms with Gasteiger partial charge in [-0.25, -0.2) is 4.98 Å². The molecule has 3 aromatic rings. The number of aryl methyl sites for hydroxylation is 1. The predicted molar refractivity (Wildman–Crippen MR) is 180 cm³/mol. The van der Waals surface area contributed by atoms with Gasteiger partial charge in [-0.2, -0.15) is 5.26 Å². The van der Waals surface area contributed by atoms with Gasteiger partial charge in [0.1, 0.15) is 0 Å². The maximum atomic E-state index is 9.77. The minimum Gasteiger partial charge on any atom is -0.285 e. The Morgan fingerprint density at radius 3 is 2.61 bits per heavy atom. The lowest BCUT2D eigenvalue weighted by Crippen LogP contribution is -2.41. The lowest BCUT2D eigenvalue weighted by molar-refractivity contribution is 0.445. The molecule has 4 atom stereocenters. The number of pyridine rings is 1. The smallest absolute Gasteiger partial charge is 0.0947 e. The Bertz CT molecular complexity index is 2030. The van der Waals surface area contributed by atoms with Gasteiger partial charge in [0.05, 0.1) is 23.3 Å². The molecule has 2 aromatic carbocycles. The molecule has 0 saturated heterocycles. The molecule has 0 radical (unpaired) electrons. The van der Waals surface area contributed by atoms with Crippen molar-refractivity contribution < 1.29 is 0 Å². The Labute approximate surface area is 258 Å². The fraction of sp³-hybridized carbons (Fsp3) is 0.244. The minimum absolute atomic E-state index is 0.237. The number of allylic oxidation sites excluding steroid dienone is 11. The van der Waals surface area contributed by atoms with Gasteiger partial charge in [0.2, 0.25) is 0 Å². The van der Waals surface area contributed by atoms with Crippen LogP contribution in [0.1, 0.15) is 48.8 Å². The highest BCUT2D eigenvalue weighted by Gasteiger charge is 2.43. The second-order valence-corrected chi connectivity index (χ2v) is 13.0. The van der Waals surface area contributed by atoms with Crippen LogP contribution in [-0.2, 0) is 6.42 Å². The molecule has 0 amide bonds. The van der Waals surface area contributed by atoms with E-state index in [1.54, 1.807) is 0 Å². The molecule has 3 nitrogen and oxygen atoms in total. The van der Waals surface area contributed by atoms with E-state index in [0.29, 0.717) is 17.8 Å². The van der Waals surface area contributed by atoms with Gasteiger partial charge in [-0.15, -0.1) is 0 Å². The molecule has 3 unspecified atom stereocenters. The van der Waals surface area contributed by atoms with Crippen LogP contribution in [0.5, 0.6) is 0 Å². The molecular weight excluding hydrogens is 534 g/mol. The van der Waals surface area contributed by atoms with Crippen molar-refractivity contribution in [2.45, 2.75) is 44.6 Å². The lowest BCUT2D eigenvalue weighted by atomic mass is 9.62. The minimum atomic E-state index is 0.237. The molecule has 212 valence electrons. The number of aromatic nitrogens is 1. The number of aliphatic imine (C=N–C) groups is 1. The van der Waals surface area contributed by atoms with Crippen molar-refractivity contribution in [3.63, 3.8) is 0 Å². The van der Waals surface area contributed by atoms with Crippen molar-refractivity contribution >= 4 is 28.3 Å². The zero-order valence-electron chi connectivity index (χ0n) is 24.7. The largest absolute Gasteiger partial charge is 0.285 e. The third kappa shape index (κ3) is 4.09. The Kier molecular flexibility index (Phi) is 5.91. The average molecular weight is 568 g/mol. The van der Waals surface area contributed by atoms with Crippen LogP contribution < -0.4 is 0 Å². The van der Waals surface area contributed by atoms with Crippen LogP contribution in [0, 0.1) is 29.1 Å². The second kappa shape index (κ2) is 10.1. The summed E-state index contributed by atoms with van der Waals surface area (Å²) in [6, 6.07) is 20.5. The van der Waals surface area contributed by atoms with Crippen molar-refractivity contribution in [2.75, 3.05) is 0 Å². The van der Waals surface area contributed by atoms with Gasteiger partial charge in [0, 0.05) is 45.6 Å². The highest BCUT2D eigenvalue weighted by atomic mass is 14.8. The van der Waals surface area contributed by atoms with Gasteiger partial charge in [0.25, 0.3) is 0 Å². The summed E-state index contributed by atoms with van der Waals surface area (Å²) >= 11 is 0. The normalized spacial score (nSPS) is 26.2. The molecule has 5 aliphatic carbocycles. The number of benzene rings is 2. The predicted octanol–water partition coefficient (Wildman–Crippen LogP) is 9.32.